The van der Waals surface area contributed by atoms with E-state index in [0.29, 0.717) is 0 Å². The Bertz CT molecular complexity index is 136. The van der Waals surface area contributed by atoms with Crippen molar-refractivity contribution in [3.8, 4) is 0 Å². The SMILES string of the molecule is CCC(=CO[P+](=O)[O-])CC. The third-order valence-corrected chi connectivity index (χ3v) is 1.49. The van der Waals surface area contributed by atoms with E-state index in [1.807, 2.05) is 13.8 Å². The first-order chi connectivity index (χ1) is 4.70. The lowest BCUT2D eigenvalue weighted by atomic mass is 10.2. The van der Waals surface area contributed by atoms with Gasteiger partial charge in [0.25, 0.3) is 0 Å². The zero-order valence-electron chi connectivity index (χ0n) is 6.16. The summed E-state index contributed by atoms with van der Waals surface area (Å²) in [5.41, 5.74) is 0.999. The molecule has 10 heavy (non-hydrogen) atoms. The summed E-state index contributed by atoms with van der Waals surface area (Å²) in [4.78, 5) is 9.91. The van der Waals surface area contributed by atoms with Gasteiger partial charge in [-0.15, -0.1) is 0 Å². The molecule has 0 aliphatic heterocycles. The van der Waals surface area contributed by atoms with Crippen LogP contribution in [0.25, 0.3) is 0 Å². The summed E-state index contributed by atoms with van der Waals surface area (Å²) in [7, 11) is -2.72. The van der Waals surface area contributed by atoms with Crippen LogP contribution >= 0.6 is 8.25 Å². The van der Waals surface area contributed by atoms with Crippen molar-refractivity contribution in [3.05, 3.63) is 11.8 Å². The van der Waals surface area contributed by atoms with E-state index in [9.17, 15) is 9.46 Å². The first-order valence-electron chi connectivity index (χ1n) is 3.19. The molecule has 0 spiro atoms. The molecule has 0 radical (unpaired) electrons. The van der Waals surface area contributed by atoms with Gasteiger partial charge in [0.2, 0.25) is 0 Å². The van der Waals surface area contributed by atoms with Crippen LogP contribution in [-0.2, 0) is 9.09 Å². The van der Waals surface area contributed by atoms with Crippen LogP contribution in [0.2, 0.25) is 0 Å². The van der Waals surface area contributed by atoms with E-state index in [1.165, 1.54) is 6.26 Å². The lowest BCUT2D eigenvalue weighted by Crippen LogP contribution is -1.87. The van der Waals surface area contributed by atoms with E-state index in [0.717, 1.165) is 18.4 Å². The summed E-state index contributed by atoms with van der Waals surface area (Å²) in [6.45, 7) is 3.91. The topological polar surface area (TPSA) is 49.4 Å². The average molecular weight is 162 g/mol. The Balaban J connectivity index is 3.74. The Morgan fingerprint density at radius 2 is 2.10 bits per heavy atom. The molecule has 0 amide bonds. The number of hydrogen-bond acceptors (Lipinski definition) is 3. The van der Waals surface area contributed by atoms with E-state index in [1.54, 1.807) is 0 Å². The third kappa shape index (κ3) is 4.48. The minimum absolute atomic E-state index is 0.833. The van der Waals surface area contributed by atoms with Crippen molar-refractivity contribution in [2.24, 2.45) is 0 Å². The van der Waals surface area contributed by atoms with Crippen LogP contribution in [0.5, 0.6) is 0 Å². The van der Waals surface area contributed by atoms with Gasteiger partial charge in [-0.3, -0.25) is 4.52 Å². The first-order valence-corrected chi connectivity index (χ1v) is 4.29. The van der Waals surface area contributed by atoms with Crippen LogP contribution in [0.4, 0.5) is 0 Å². The standard InChI is InChI=1S/C6H11O3P/c1-3-6(4-2)5-9-10(7)8/h5H,3-4H2,1-2H3. The predicted molar refractivity (Wildman–Crippen MR) is 37.4 cm³/mol. The van der Waals surface area contributed by atoms with Gasteiger partial charge in [0.05, 0.1) is 0 Å². The van der Waals surface area contributed by atoms with Crippen LogP contribution in [0.3, 0.4) is 0 Å². The molecule has 0 aliphatic rings. The van der Waals surface area contributed by atoms with E-state index in [4.69, 9.17) is 0 Å². The lowest BCUT2D eigenvalue weighted by Gasteiger charge is -1.94. The Morgan fingerprint density at radius 3 is 2.40 bits per heavy atom. The quantitative estimate of drug-likeness (QED) is 0.467. The molecule has 1 atom stereocenters. The second kappa shape index (κ2) is 5.39. The molecule has 3 nitrogen and oxygen atoms in total. The van der Waals surface area contributed by atoms with Crippen molar-refractivity contribution < 1.29 is 14.0 Å². The fourth-order valence-corrected chi connectivity index (χ4v) is 0.769. The molecule has 0 heterocycles. The molecule has 0 rings (SSSR count). The summed E-state index contributed by atoms with van der Waals surface area (Å²) < 4.78 is 14.2. The first kappa shape index (κ1) is 9.60. The number of allylic oxidation sites excluding steroid dienone is 1. The molecule has 4 heteroatoms. The normalized spacial score (nSPS) is 10.5. The van der Waals surface area contributed by atoms with Crippen molar-refractivity contribution in [3.63, 3.8) is 0 Å². The third-order valence-electron chi connectivity index (χ3n) is 1.21. The smallest absolute Gasteiger partial charge is 0.538 e. The maximum atomic E-state index is 9.91. The zero-order valence-corrected chi connectivity index (χ0v) is 7.06. The molecule has 0 bridgehead atoms. The summed E-state index contributed by atoms with van der Waals surface area (Å²) in [6, 6.07) is 0. The summed E-state index contributed by atoms with van der Waals surface area (Å²) in [5.74, 6) is 0. The summed E-state index contributed by atoms with van der Waals surface area (Å²) in [6.07, 6.45) is 2.96. The van der Waals surface area contributed by atoms with Gasteiger partial charge in [0.15, 0.2) is 6.26 Å². The molecule has 0 aromatic carbocycles. The monoisotopic (exact) mass is 162 g/mol. The van der Waals surface area contributed by atoms with Crippen LogP contribution in [-0.4, -0.2) is 0 Å². The minimum atomic E-state index is -2.72. The van der Waals surface area contributed by atoms with Gasteiger partial charge in [0, 0.05) is 0 Å². The molecule has 58 valence electrons. The van der Waals surface area contributed by atoms with Gasteiger partial charge >= 0.3 is 8.25 Å². The van der Waals surface area contributed by atoms with Crippen LogP contribution < -0.4 is 4.89 Å². The Morgan fingerprint density at radius 1 is 1.60 bits per heavy atom. The molecular formula is C6H11O3P. The molecule has 0 aromatic rings. The molecule has 0 saturated carbocycles. The van der Waals surface area contributed by atoms with Crippen LogP contribution in [0.1, 0.15) is 26.7 Å². The van der Waals surface area contributed by atoms with Crippen molar-refractivity contribution in [2.75, 3.05) is 0 Å². The van der Waals surface area contributed by atoms with Gasteiger partial charge in [0.1, 0.15) is 0 Å². The van der Waals surface area contributed by atoms with Gasteiger partial charge < -0.3 is 4.89 Å². The molecule has 0 aromatic heterocycles. The van der Waals surface area contributed by atoms with Gasteiger partial charge in [-0.25, -0.2) is 0 Å². The minimum Gasteiger partial charge on any atom is -0.558 e. The molecule has 0 saturated heterocycles. The average Bonchev–Trinajstić information content (AvgIpc) is 1.90. The number of rotatable bonds is 4. The largest absolute Gasteiger partial charge is 0.558 e. The van der Waals surface area contributed by atoms with Gasteiger partial charge in [-0.05, 0) is 23.0 Å². The Hall–Kier alpha value is -0.400. The second-order valence-electron chi connectivity index (χ2n) is 1.81. The molecular weight excluding hydrogens is 151 g/mol. The zero-order chi connectivity index (χ0) is 7.98. The van der Waals surface area contributed by atoms with E-state index >= 15 is 0 Å². The van der Waals surface area contributed by atoms with E-state index in [2.05, 4.69) is 4.52 Å². The van der Waals surface area contributed by atoms with Crippen LogP contribution in [0, 0.1) is 0 Å². The highest BCUT2D eigenvalue weighted by atomic mass is 31.1. The van der Waals surface area contributed by atoms with Crippen molar-refractivity contribution in [1.82, 2.24) is 0 Å². The predicted octanol–water partition coefficient (Wildman–Crippen LogP) is 1.72. The molecule has 0 fully saturated rings. The maximum Gasteiger partial charge on any atom is 0.538 e. The molecule has 0 N–H and O–H groups in total. The Labute approximate surface area is 61.7 Å². The van der Waals surface area contributed by atoms with Crippen molar-refractivity contribution >= 4 is 8.25 Å². The van der Waals surface area contributed by atoms with Crippen molar-refractivity contribution in [1.29, 1.82) is 0 Å². The van der Waals surface area contributed by atoms with Gasteiger partial charge in [-0.2, -0.15) is 0 Å². The highest BCUT2D eigenvalue weighted by molar-refractivity contribution is 7.30. The van der Waals surface area contributed by atoms with E-state index in [-0.39, 0.29) is 0 Å². The Kier molecular flexibility index (Phi) is 5.17. The summed E-state index contributed by atoms with van der Waals surface area (Å²) in [5, 5.41) is 0. The second-order valence-corrected chi connectivity index (χ2v) is 2.47. The fourth-order valence-electron chi connectivity index (χ4n) is 0.534. The van der Waals surface area contributed by atoms with Crippen molar-refractivity contribution in [2.45, 2.75) is 26.7 Å². The summed E-state index contributed by atoms with van der Waals surface area (Å²) >= 11 is 0. The molecule has 0 aliphatic carbocycles. The maximum absolute atomic E-state index is 9.91. The fraction of sp³-hybridized carbons (Fsp3) is 0.667. The molecule has 1 unspecified atom stereocenters. The highest BCUT2D eigenvalue weighted by Gasteiger charge is 1.97. The van der Waals surface area contributed by atoms with Crippen LogP contribution in [0.15, 0.2) is 11.8 Å². The lowest BCUT2D eigenvalue weighted by molar-refractivity contribution is -0.181. The van der Waals surface area contributed by atoms with Gasteiger partial charge in [-0.1, -0.05) is 13.8 Å². The van der Waals surface area contributed by atoms with E-state index < -0.39 is 8.25 Å². The highest BCUT2D eigenvalue weighted by Crippen LogP contribution is 2.13. The number of hydrogen-bond donors (Lipinski definition) is 0.